The molecule has 0 aliphatic rings. The van der Waals surface area contributed by atoms with Crippen molar-refractivity contribution in [2.24, 2.45) is 0 Å². The van der Waals surface area contributed by atoms with Crippen molar-refractivity contribution in [2.45, 2.75) is 26.2 Å². The zero-order chi connectivity index (χ0) is 10.1. The van der Waals surface area contributed by atoms with E-state index in [1.54, 1.807) is 13.8 Å². The molecular formula is C6H10BF3KN3. The van der Waals surface area contributed by atoms with Crippen LogP contribution in [-0.2, 0) is 6.32 Å². The molecule has 0 aromatic carbocycles. The van der Waals surface area contributed by atoms with E-state index in [0.717, 1.165) is 6.33 Å². The van der Waals surface area contributed by atoms with E-state index in [1.165, 1.54) is 4.68 Å². The molecule has 1 aromatic heterocycles. The number of hydrogen-bond donors (Lipinski definition) is 0. The Hall–Kier alpha value is 0.631. The molecule has 0 amide bonds. The molecule has 0 fully saturated rings. The summed E-state index contributed by atoms with van der Waals surface area (Å²) in [6.45, 7) is -1.29. The predicted molar refractivity (Wildman–Crippen MR) is 43.2 cm³/mol. The first-order chi connectivity index (χ1) is 5.90. The van der Waals surface area contributed by atoms with Crippen LogP contribution in [-0.4, -0.2) is 21.7 Å². The third-order valence-electron chi connectivity index (χ3n) is 1.55. The van der Waals surface area contributed by atoms with E-state index in [2.05, 4.69) is 10.1 Å². The van der Waals surface area contributed by atoms with Crippen molar-refractivity contribution in [3.63, 3.8) is 0 Å². The van der Waals surface area contributed by atoms with Crippen LogP contribution in [0.5, 0.6) is 0 Å². The largest absolute Gasteiger partial charge is 1.00 e. The minimum absolute atomic E-state index is 0. The molecule has 0 spiro atoms. The first-order valence-electron chi connectivity index (χ1n) is 3.99. The molecule has 0 bridgehead atoms. The summed E-state index contributed by atoms with van der Waals surface area (Å²) >= 11 is 0. The molecule has 0 saturated heterocycles. The van der Waals surface area contributed by atoms with Gasteiger partial charge in [0.1, 0.15) is 12.2 Å². The normalized spacial score (nSPS) is 11.6. The summed E-state index contributed by atoms with van der Waals surface area (Å²) in [5.74, 6) is -0.0116. The van der Waals surface area contributed by atoms with E-state index in [4.69, 9.17) is 0 Å². The van der Waals surface area contributed by atoms with Crippen molar-refractivity contribution in [3.8, 4) is 0 Å². The molecule has 0 saturated carbocycles. The van der Waals surface area contributed by atoms with Gasteiger partial charge in [-0.05, 0) is 20.2 Å². The van der Waals surface area contributed by atoms with Crippen molar-refractivity contribution in [1.29, 1.82) is 0 Å². The van der Waals surface area contributed by atoms with Crippen LogP contribution < -0.4 is 51.4 Å². The molecule has 1 aromatic rings. The first-order valence-corrected chi connectivity index (χ1v) is 3.99. The summed E-state index contributed by atoms with van der Waals surface area (Å²) in [5.41, 5.74) is 0. The van der Waals surface area contributed by atoms with Crippen LogP contribution in [0.4, 0.5) is 12.9 Å². The minimum atomic E-state index is -4.83. The zero-order valence-electron chi connectivity index (χ0n) is 8.41. The van der Waals surface area contributed by atoms with E-state index in [1.807, 2.05) is 0 Å². The van der Waals surface area contributed by atoms with Crippen LogP contribution in [0.1, 0.15) is 25.7 Å². The van der Waals surface area contributed by atoms with E-state index in [9.17, 15) is 12.9 Å². The van der Waals surface area contributed by atoms with Gasteiger partial charge in [0.25, 0.3) is 0 Å². The third-order valence-corrected chi connectivity index (χ3v) is 1.55. The van der Waals surface area contributed by atoms with Gasteiger partial charge in [-0.3, -0.25) is 4.68 Å². The number of halogens is 3. The zero-order valence-corrected chi connectivity index (χ0v) is 11.5. The van der Waals surface area contributed by atoms with Gasteiger partial charge in [0.05, 0.1) is 0 Å². The average Bonchev–Trinajstić information content (AvgIpc) is 2.31. The number of hydrogen-bond acceptors (Lipinski definition) is 2. The predicted octanol–water partition coefficient (Wildman–Crippen LogP) is -1.21. The fraction of sp³-hybridized carbons (Fsp3) is 0.667. The van der Waals surface area contributed by atoms with Gasteiger partial charge in [0.15, 0.2) is 0 Å². The summed E-state index contributed by atoms with van der Waals surface area (Å²) < 4.78 is 37.4. The maximum absolute atomic E-state index is 12.0. The van der Waals surface area contributed by atoms with E-state index in [-0.39, 0.29) is 63.3 Å². The SMILES string of the molecule is CC(C)n1ncnc1C[B-](F)(F)F.[K+]. The Morgan fingerprint density at radius 2 is 2.00 bits per heavy atom. The van der Waals surface area contributed by atoms with Gasteiger partial charge < -0.3 is 12.9 Å². The Bertz CT molecular complexity index is 286. The molecule has 3 nitrogen and oxygen atoms in total. The fourth-order valence-corrected chi connectivity index (χ4v) is 1.06. The smallest absolute Gasteiger partial charge is 0.449 e. The molecule has 0 N–H and O–H groups in total. The molecule has 14 heavy (non-hydrogen) atoms. The summed E-state index contributed by atoms with van der Waals surface area (Å²) in [5, 5.41) is 3.72. The van der Waals surface area contributed by atoms with Crippen LogP contribution in [0.15, 0.2) is 6.33 Å². The Kier molecular flexibility index (Phi) is 5.90. The molecule has 1 rings (SSSR count). The van der Waals surface area contributed by atoms with Gasteiger partial charge in [-0.15, -0.1) is 0 Å². The van der Waals surface area contributed by atoms with Crippen LogP contribution in [0, 0.1) is 0 Å². The Morgan fingerprint density at radius 3 is 2.43 bits per heavy atom. The summed E-state index contributed by atoms with van der Waals surface area (Å²) in [6, 6.07) is -0.0874. The maximum Gasteiger partial charge on any atom is 1.00 e. The average molecular weight is 231 g/mol. The van der Waals surface area contributed by atoms with Crippen LogP contribution in [0.25, 0.3) is 0 Å². The van der Waals surface area contributed by atoms with Crippen LogP contribution in [0.2, 0.25) is 0 Å². The molecule has 0 unspecified atom stereocenters. The van der Waals surface area contributed by atoms with E-state index in [0.29, 0.717) is 0 Å². The number of rotatable bonds is 3. The van der Waals surface area contributed by atoms with Gasteiger partial charge >= 0.3 is 58.4 Å². The van der Waals surface area contributed by atoms with Crippen molar-refractivity contribution in [3.05, 3.63) is 12.2 Å². The molecule has 0 aliphatic carbocycles. The summed E-state index contributed by atoms with van der Waals surface area (Å²) in [7, 11) is 0. The second kappa shape index (κ2) is 5.64. The van der Waals surface area contributed by atoms with Crippen molar-refractivity contribution in [1.82, 2.24) is 14.8 Å². The topological polar surface area (TPSA) is 30.7 Å². The van der Waals surface area contributed by atoms with Gasteiger partial charge in [-0.2, -0.15) is 5.10 Å². The number of aromatic nitrogens is 3. The Morgan fingerprint density at radius 1 is 1.43 bits per heavy atom. The number of nitrogens with zero attached hydrogens (tertiary/aromatic N) is 3. The van der Waals surface area contributed by atoms with E-state index < -0.39 is 13.3 Å². The molecule has 74 valence electrons. The Labute approximate surface area is 123 Å². The van der Waals surface area contributed by atoms with Crippen molar-refractivity contribution >= 4 is 6.98 Å². The van der Waals surface area contributed by atoms with Crippen LogP contribution >= 0.6 is 0 Å². The van der Waals surface area contributed by atoms with E-state index >= 15 is 0 Å². The second-order valence-electron chi connectivity index (χ2n) is 3.13. The van der Waals surface area contributed by atoms with Crippen molar-refractivity contribution in [2.75, 3.05) is 0 Å². The third kappa shape index (κ3) is 4.43. The minimum Gasteiger partial charge on any atom is -0.449 e. The van der Waals surface area contributed by atoms with Crippen LogP contribution in [0.3, 0.4) is 0 Å². The molecule has 0 radical (unpaired) electrons. The molecule has 0 aliphatic heterocycles. The van der Waals surface area contributed by atoms with Gasteiger partial charge in [0.2, 0.25) is 0 Å². The Balaban J connectivity index is 0.00000169. The van der Waals surface area contributed by atoms with Gasteiger partial charge in [0, 0.05) is 6.04 Å². The molecule has 8 heteroatoms. The second-order valence-corrected chi connectivity index (χ2v) is 3.13. The molecular weight excluding hydrogens is 221 g/mol. The first kappa shape index (κ1) is 14.6. The standard InChI is InChI=1S/C6H10BF3N3.K/c1-5(2)13-6(11-4-12-13)3-7(8,9)10;/h4-5H,3H2,1-2H3;/q-1;+1. The molecule has 0 atom stereocenters. The summed E-state index contributed by atoms with van der Waals surface area (Å²) in [4.78, 5) is 3.57. The maximum atomic E-state index is 12.0. The summed E-state index contributed by atoms with van der Waals surface area (Å²) in [6.07, 6.45) is 0.190. The quantitative estimate of drug-likeness (QED) is 0.611. The monoisotopic (exact) mass is 231 g/mol. The molecule has 1 heterocycles. The fourth-order valence-electron chi connectivity index (χ4n) is 1.06. The van der Waals surface area contributed by atoms with Crippen molar-refractivity contribution < 1.29 is 64.3 Å². The van der Waals surface area contributed by atoms with Gasteiger partial charge in [-0.1, -0.05) is 0 Å². The van der Waals surface area contributed by atoms with Gasteiger partial charge in [-0.25, -0.2) is 4.98 Å².